The van der Waals surface area contributed by atoms with Crippen molar-refractivity contribution >= 4 is 0 Å². The minimum absolute atomic E-state index is 1.04. The molecule has 4 nitrogen and oxygen atoms in total. The zero-order chi connectivity index (χ0) is 11.8. The van der Waals surface area contributed by atoms with Gasteiger partial charge >= 0.3 is 0 Å². The van der Waals surface area contributed by atoms with Gasteiger partial charge in [-0.25, -0.2) is 9.97 Å². The lowest BCUT2D eigenvalue weighted by molar-refractivity contribution is 0.695. The van der Waals surface area contributed by atoms with Gasteiger partial charge < -0.3 is 9.97 Å². The normalized spacial score (nSPS) is 10.8. The summed E-state index contributed by atoms with van der Waals surface area (Å²) in [5.41, 5.74) is 2.32. The van der Waals surface area contributed by atoms with Crippen molar-refractivity contribution in [1.82, 2.24) is 19.9 Å². The first-order valence-electron chi connectivity index (χ1n) is 6.22. The molecule has 91 valence electrons. The number of H-pyrrole nitrogens is 2. The Morgan fingerprint density at radius 2 is 1.59 bits per heavy atom. The highest BCUT2D eigenvalue weighted by atomic mass is 14.9. The number of aryl methyl sites for hydroxylation is 2. The van der Waals surface area contributed by atoms with E-state index in [0.717, 1.165) is 25.0 Å². The first-order valence-corrected chi connectivity index (χ1v) is 6.22. The number of aromatic amines is 2. The Morgan fingerprint density at radius 3 is 2.24 bits per heavy atom. The van der Waals surface area contributed by atoms with E-state index in [1.807, 2.05) is 12.4 Å². The Morgan fingerprint density at radius 1 is 0.882 bits per heavy atom. The Kier molecular flexibility index (Phi) is 4.82. The van der Waals surface area contributed by atoms with E-state index in [9.17, 15) is 0 Å². The first-order chi connectivity index (χ1) is 8.45. The van der Waals surface area contributed by atoms with E-state index in [2.05, 4.69) is 26.4 Å². The Hall–Kier alpha value is -1.58. The standard InChI is InChI=1S/C13H19N4/c1(2-4-6-12-8-14-10-16-12)3-5-7-13-9-15-11-17-13/h2,8-11H,1,3-7H2,(H,14,16)(H,15,17). The van der Waals surface area contributed by atoms with E-state index in [4.69, 9.17) is 0 Å². The zero-order valence-electron chi connectivity index (χ0n) is 10.0. The fourth-order valence-corrected chi connectivity index (χ4v) is 1.84. The van der Waals surface area contributed by atoms with Gasteiger partial charge in [0.05, 0.1) is 24.0 Å². The highest BCUT2D eigenvalue weighted by Gasteiger charge is 1.97. The summed E-state index contributed by atoms with van der Waals surface area (Å²) in [6.45, 7) is 0. The molecule has 0 saturated heterocycles. The summed E-state index contributed by atoms with van der Waals surface area (Å²) in [5, 5.41) is 0. The topological polar surface area (TPSA) is 57.4 Å². The average Bonchev–Trinajstić information content (AvgIpc) is 3.00. The molecule has 0 aliphatic carbocycles. The van der Waals surface area contributed by atoms with E-state index in [-0.39, 0.29) is 0 Å². The third kappa shape index (κ3) is 4.43. The summed E-state index contributed by atoms with van der Waals surface area (Å²) < 4.78 is 0. The van der Waals surface area contributed by atoms with Crippen LogP contribution in [0.2, 0.25) is 0 Å². The van der Waals surface area contributed by atoms with Crippen LogP contribution < -0.4 is 0 Å². The molecule has 1 radical (unpaired) electrons. The van der Waals surface area contributed by atoms with Crippen molar-refractivity contribution in [2.45, 2.75) is 38.5 Å². The summed E-state index contributed by atoms with van der Waals surface area (Å²) >= 11 is 0. The zero-order valence-corrected chi connectivity index (χ0v) is 10.0. The highest BCUT2D eigenvalue weighted by Crippen LogP contribution is 2.08. The minimum atomic E-state index is 1.04. The van der Waals surface area contributed by atoms with Crippen LogP contribution in [0.25, 0.3) is 0 Å². The lowest BCUT2D eigenvalue weighted by Crippen LogP contribution is -1.89. The van der Waals surface area contributed by atoms with Crippen LogP contribution in [0, 0.1) is 6.42 Å². The molecule has 2 aromatic rings. The Labute approximate surface area is 102 Å². The summed E-state index contributed by atoms with van der Waals surface area (Å²) in [4.78, 5) is 14.4. The van der Waals surface area contributed by atoms with Crippen LogP contribution in [0.4, 0.5) is 0 Å². The number of rotatable bonds is 8. The summed E-state index contributed by atoms with van der Waals surface area (Å²) in [6, 6.07) is 0. The quantitative estimate of drug-likeness (QED) is 0.686. The summed E-state index contributed by atoms with van der Waals surface area (Å²) in [7, 11) is 0. The van der Waals surface area contributed by atoms with Gasteiger partial charge in [-0.15, -0.1) is 0 Å². The van der Waals surface area contributed by atoms with Gasteiger partial charge in [-0.2, -0.15) is 0 Å². The van der Waals surface area contributed by atoms with Crippen LogP contribution in [-0.2, 0) is 12.8 Å². The van der Waals surface area contributed by atoms with Gasteiger partial charge in [-0.05, 0) is 32.1 Å². The van der Waals surface area contributed by atoms with Gasteiger partial charge in [0, 0.05) is 12.4 Å². The van der Waals surface area contributed by atoms with Crippen molar-refractivity contribution in [2.75, 3.05) is 0 Å². The molecule has 17 heavy (non-hydrogen) atoms. The maximum Gasteiger partial charge on any atom is 0.0923 e. The third-order valence-electron chi connectivity index (χ3n) is 2.81. The van der Waals surface area contributed by atoms with Crippen molar-refractivity contribution in [1.29, 1.82) is 0 Å². The number of unbranched alkanes of at least 4 members (excludes halogenated alkanes) is 4. The van der Waals surface area contributed by atoms with Gasteiger partial charge in [-0.3, -0.25) is 0 Å². The molecule has 0 aromatic carbocycles. The molecule has 4 heteroatoms. The predicted molar refractivity (Wildman–Crippen MR) is 67.4 cm³/mol. The maximum atomic E-state index is 4.21. The first kappa shape index (κ1) is 11.9. The van der Waals surface area contributed by atoms with E-state index in [1.54, 1.807) is 12.7 Å². The van der Waals surface area contributed by atoms with Crippen LogP contribution in [0.5, 0.6) is 0 Å². The number of nitrogens with one attached hydrogen (secondary N) is 2. The van der Waals surface area contributed by atoms with Crippen molar-refractivity contribution in [2.24, 2.45) is 0 Å². The molecule has 0 bridgehead atoms. The lowest BCUT2D eigenvalue weighted by Gasteiger charge is -1.99. The van der Waals surface area contributed by atoms with Crippen molar-refractivity contribution in [3.63, 3.8) is 0 Å². The van der Waals surface area contributed by atoms with E-state index < -0.39 is 0 Å². The van der Waals surface area contributed by atoms with E-state index in [0.29, 0.717) is 0 Å². The number of aromatic nitrogens is 4. The average molecular weight is 231 g/mol. The molecule has 0 unspecified atom stereocenters. The molecule has 0 atom stereocenters. The van der Waals surface area contributed by atoms with E-state index >= 15 is 0 Å². The molecule has 2 heterocycles. The van der Waals surface area contributed by atoms with Gasteiger partial charge in [-0.1, -0.05) is 12.8 Å². The fraction of sp³-hybridized carbons (Fsp3) is 0.462. The molecule has 0 aliphatic heterocycles. The van der Waals surface area contributed by atoms with Crippen LogP contribution in [0.15, 0.2) is 25.0 Å². The van der Waals surface area contributed by atoms with Gasteiger partial charge in [0.25, 0.3) is 0 Å². The Bertz CT molecular complexity index is 339. The smallest absolute Gasteiger partial charge is 0.0923 e. The van der Waals surface area contributed by atoms with Crippen molar-refractivity contribution in [3.05, 3.63) is 42.9 Å². The molecular weight excluding hydrogens is 212 g/mol. The number of nitrogens with zero attached hydrogens (tertiary/aromatic N) is 2. The lowest BCUT2D eigenvalue weighted by atomic mass is 10.1. The molecule has 0 amide bonds. The monoisotopic (exact) mass is 231 g/mol. The molecule has 0 spiro atoms. The second-order valence-corrected chi connectivity index (χ2v) is 4.19. The third-order valence-corrected chi connectivity index (χ3v) is 2.81. The van der Waals surface area contributed by atoms with Gasteiger partial charge in [0.15, 0.2) is 0 Å². The molecule has 2 aromatic heterocycles. The number of imidazole rings is 2. The molecule has 0 aliphatic rings. The molecule has 2 rings (SSSR count). The predicted octanol–water partition coefficient (Wildman–Crippen LogP) is 2.68. The molecule has 2 N–H and O–H groups in total. The Balaban J connectivity index is 1.44. The molecular formula is C13H19N4. The number of hydrogen-bond donors (Lipinski definition) is 2. The fourth-order valence-electron chi connectivity index (χ4n) is 1.84. The second kappa shape index (κ2) is 6.89. The minimum Gasteiger partial charge on any atom is -0.351 e. The number of hydrogen-bond acceptors (Lipinski definition) is 2. The summed E-state index contributed by atoms with van der Waals surface area (Å²) in [5.74, 6) is 0. The second-order valence-electron chi connectivity index (χ2n) is 4.19. The highest BCUT2D eigenvalue weighted by molar-refractivity contribution is 4.95. The van der Waals surface area contributed by atoms with Gasteiger partial charge in [0.2, 0.25) is 0 Å². The SMILES string of the molecule is [CH](CCCCc1c[nH]cn1)CCc1c[nH]cn1. The van der Waals surface area contributed by atoms with Crippen LogP contribution in [-0.4, -0.2) is 19.9 Å². The van der Waals surface area contributed by atoms with Crippen molar-refractivity contribution in [3.8, 4) is 0 Å². The van der Waals surface area contributed by atoms with Crippen LogP contribution >= 0.6 is 0 Å². The summed E-state index contributed by atoms with van der Waals surface area (Å²) in [6.07, 6.45) is 16.7. The van der Waals surface area contributed by atoms with Gasteiger partial charge in [0.1, 0.15) is 0 Å². The molecule has 0 saturated carbocycles. The van der Waals surface area contributed by atoms with Crippen molar-refractivity contribution < 1.29 is 0 Å². The largest absolute Gasteiger partial charge is 0.351 e. The molecule has 0 fully saturated rings. The maximum absolute atomic E-state index is 4.21. The van der Waals surface area contributed by atoms with Crippen LogP contribution in [0.1, 0.15) is 37.1 Å². The van der Waals surface area contributed by atoms with E-state index in [1.165, 1.54) is 25.0 Å². The van der Waals surface area contributed by atoms with Crippen LogP contribution in [0.3, 0.4) is 0 Å².